The molecule has 0 heterocycles. The van der Waals surface area contributed by atoms with Crippen LogP contribution in [-0.4, -0.2) is 6.41 Å². The number of nitrogens with two attached hydrogens (primary N) is 1. The monoisotopic (exact) mass is 483 g/mol. The van der Waals surface area contributed by atoms with Crippen LogP contribution in [0.15, 0.2) is 108 Å². The number of carbonyl (C=O) groups excluding carboxylic acids is 1. The average molecular weight is 484 g/mol. The van der Waals surface area contributed by atoms with E-state index in [-0.39, 0.29) is 6.41 Å². The summed E-state index contributed by atoms with van der Waals surface area (Å²) in [6.07, 6.45) is 0.250. The van der Waals surface area contributed by atoms with Gasteiger partial charge in [0, 0.05) is 4.47 Å². The molecule has 5 aromatic carbocycles. The van der Waals surface area contributed by atoms with Crippen LogP contribution in [-0.2, 0) is 4.79 Å². The van der Waals surface area contributed by atoms with Crippen molar-refractivity contribution >= 4 is 43.9 Å². The van der Waals surface area contributed by atoms with Gasteiger partial charge >= 0.3 is 0 Å². The first-order chi connectivity index (χ1) is 15.7. The smallest absolute Gasteiger partial charge is 0.204 e. The van der Waals surface area contributed by atoms with Gasteiger partial charge < -0.3 is 5.73 Å². The lowest BCUT2D eigenvalue weighted by atomic mass is 9.89. The maximum absolute atomic E-state index is 8.58. The van der Waals surface area contributed by atoms with Crippen LogP contribution in [0.1, 0.15) is 13.8 Å². The van der Waals surface area contributed by atoms with Gasteiger partial charge in [-0.05, 0) is 62.0 Å². The molecule has 5 aromatic rings. The van der Waals surface area contributed by atoms with E-state index in [4.69, 9.17) is 4.79 Å². The van der Waals surface area contributed by atoms with E-state index in [1.807, 2.05) is 13.8 Å². The van der Waals surface area contributed by atoms with Gasteiger partial charge in [-0.15, -0.1) is 0 Å². The Labute approximate surface area is 197 Å². The van der Waals surface area contributed by atoms with Gasteiger partial charge in [-0.2, -0.15) is 0 Å². The summed E-state index contributed by atoms with van der Waals surface area (Å²) in [7, 11) is 0. The number of amides is 1. The van der Waals surface area contributed by atoms with E-state index in [1.54, 1.807) is 0 Å². The third-order valence-electron chi connectivity index (χ3n) is 5.12. The van der Waals surface area contributed by atoms with Crippen LogP contribution in [0.4, 0.5) is 0 Å². The molecular formula is C29H26BrNO. The first-order valence-corrected chi connectivity index (χ1v) is 11.4. The average Bonchev–Trinajstić information content (AvgIpc) is 2.85. The number of carbonyl (C=O) groups is 1. The van der Waals surface area contributed by atoms with Crippen LogP contribution in [0.25, 0.3) is 43.8 Å². The zero-order valence-corrected chi connectivity index (χ0v) is 19.8. The first-order valence-electron chi connectivity index (χ1n) is 10.6. The fourth-order valence-electron chi connectivity index (χ4n) is 3.90. The molecule has 0 aliphatic rings. The van der Waals surface area contributed by atoms with Gasteiger partial charge in [-0.1, -0.05) is 115 Å². The van der Waals surface area contributed by atoms with Crippen LogP contribution in [0.3, 0.4) is 0 Å². The van der Waals surface area contributed by atoms with Crippen molar-refractivity contribution in [2.45, 2.75) is 13.8 Å². The molecule has 0 unspecified atom stereocenters. The summed E-state index contributed by atoms with van der Waals surface area (Å²) in [6, 6.07) is 36.9. The van der Waals surface area contributed by atoms with Crippen molar-refractivity contribution in [3.8, 4) is 22.3 Å². The fraction of sp³-hybridized carbons (Fsp3) is 0.0690. The molecule has 0 aliphatic carbocycles. The van der Waals surface area contributed by atoms with Gasteiger partial charge in [-0.25, -0.2) is 0 Å². The number of hydrogen-bond donors (Lipinski definition) is 1. The van der Waals surface area contributed by atoms with Crippen molar-refractivity contribution in [3.05, 3.63) is 108 Å². The summed E-state index contributed by atoms with van der Waals surface area (Å²) in [4.78, 5) is 8.58. The van der Waals surface area contributed by atoms with E-state index in [9.17, 15) is 0 Å². The lowest BCUT2D eigenvalue weighted by Crippen LogP contribution is -1.88. The Kier molecular flexibility index (Phi) is 8.18. The predicted molar refractivity (Wildman–Crippen MR) is 142 cm³/mol. The van der Waals surface area contributed by atoms with Gasteiger partial charge in [0.1, 0.15) is 0 Å². The Bertz CT molecular complexity index is 1340. The first kappa shape index (κ1) is 23.2. The lowest BCUT2D eigenvalue weighted by molar-refractivity contribution is -0.106. The van der Waals surface area contributed by atoms with Gasteiger partial charge in [0.05, 0.1) is 0 Å². The van der Waals surface area contributed by atoms with E-state index in [1.165, 1.54) is 43.8 Å². The zero-order chi connectivity index (χ0) is 22.9. The second kappa shape index (κ2) is 11.3. The minimum Gasteiger partial charge on any atom is -0.372 e. The summed E-state index contributed by atoms with van der Waals surface area (Å²) in [5.41, 5.74) is 9.17. The van der Waals surface area contributed by atoms with Gasteiger partial charge in [0.25, 0.3) is 0 Å². The van der Waals surface area contributed by atoms with Gasteiger partial charge in [0.15, 0.2) is 0 Å². The molecule has 2 nitrogen and oxygen atoms in total. The van der Waals surface area contributed by atoms with E-state index < -0.39 is 0 Å². The number of rotatable bonds is 2. The summed E-state index contributed by atoms with van der Waals surface area (Å²) in [5, 5.41) is 5.17. The van der Waals surface area contributed by atoms with E-state index >= 15 is 0 Å². The molecule has 2 N–H and O–H groups in total. The number of halogens is 1. The predicted octanol–water partition coefficient (Wildman–Crippen LogP) is 8.22. The van der Waals surface area contributed by atoms with Crippen molar-refractivity contribution in [2.75, 3.05) is 0 Å². The van der Waals surface area contributed by atoms with Crippen molar-refractivity contribution in [1.29, 1.82) is 0 Å². The Hall–Kier alpha value is -3.43. The Morgan fingerprint density at radius 1 is 0.625 bits per heavy atom. The van der Waals surface area contributed by atoms with E-state index in [0.29, 0.717) is 0 Å². The van der Waals surface area contributed by atoms with Crippen molar-refractivity contribution in [3.63, 3.8) is 0 Å². The summed E-state index contributed by atoms with van der Waals surface area (Å²) >= 11 is 3.61. The molecule has 32 heavy (non-hydrogen) atoms. The minimum absolute atomic E-state index is 0.250. The molecule has 0 saturated heterocycles. The highest BCUT2D eigenvalue weighted by atomic mass is 79.9. The molecule has 0 fully saturated rings. The molecule has 0 aliphatic heterocycles. The molecule has 3 heteroatoms. The number of benzene rings is 5. The third kappa shape index (κ3) is 4.90. The summed E-state index contributed by atoms with van der Waals surface area (Å²) < 4.78 is 1.10. The fourth-order valence-corrected chi connectivity index (χ4v) is 4.30. The highest BCUT2D eigenvalue weighted by Gasteiger charge is 2.12. The van der Waals surface area contributed by atoms with E-state index in [2.05, 4.69) is 125 Å². The Morgan fingerprint density at radius 3 is 1.88 bits per heavy atom. The highest BCUT2D eigenvalue weighted by molar-refractivity contribution is 9.10. The van der Waals surface area contributed by atoms with Crippen LogP contribution >= 0.6 is 15.9 Å². The SMILES string of the molecule is Brc1cccc(-c2ccccc2-c2cc3ccccc3c3ccccc23)c1.CC.NC=O. The highest BCUT2D eigenvalue weighted by Crippen LogP contribution is 2.39. The third-order valence-corrected chi connectivity index (χ3v) is 5.61. The largest absolute Gasteiger partial charge is 0.372 e. The van der Waals surface area contributed by atoms with Crippen LogP contribution in [0.2, 0.25) is 0 Å². The molecule has 0 aromatic heterocycles. The van der Waals surface area contributed by atoms with Gasteiger partial charge in [-0.3, -0.25) is 4.79 Å². The Balaban J connectivity index is 0.000000536. The molecule has 0 bridgehead atoms. The molecule has 0 spiro atoms. The number of hydrogen-bond acceptors (Lipinski definition) is 1. The quantitative estimate of drug-likeness (QED) is 0.199. The van der Waals surface area contributed by atoms with Crippen LogP contribution in [0, 0.1) is 0 Å². The number of primary amides is 1. The van der Waals surface area contributed by atoms with Crippen LogP contribution in [0.5, 0.6) is 0 Å². The Morgan fingerprint density at radius 2 is 1.19 bits per heavy atom. The summed E-state index contributed by atoms with van der Waals surface area (Å²) in [6.45, 7) is 4.00. The topological polar surface area (TPSA) is 43.1 Å². The molecule has 5 rings (SSSR count). The van der Waals surface area contributed by atoms with Crippen molar-refractivity contribution in [1.82, 2.24) is 0 Å². The second-order valence-corrected chi connectivity index (χ2v) is 7.80. The molecule has 160 valence electrons. The maximum atomic E-state index is 8.58. The maximum Gasteiger partial charge on any atom is 0.204 e. The zero-order valence-electron chi connectivity index (χ0n) is 18.3. The van der Waals surface area contributed by atoms with Gasteiger partial charge in [0.2, 0.25) is 6.41 Å². The van der Waals surface area contributed by atoms with Crippen molar-refractivity contribution in [2.24, 2.45) is 5.73 Å². The summed E-state index contributed by atoms with van der Waals surface area (Å²) in [5.74, 6) is 0. The van der Waals surface area contributed by atoms with E-state index in [0.717, 1.165) is 4.47 Å². The molecule has 1 amide bonds. The normalized spacial score (nSPS) is 9.97. The molecular weight excluding hydrogens is 458 g/mol. The molecule has 0 atom stereocenters. The molecule has 0 radical (unpaired) electrons. The minimum atomic E-state index is 0.250. The lowest BCUT2D eigenvalue weighted by Gasteiger charge is -2.15. The second-order valence-electron chi connectivity index (χ2n) is 6.88. The number of fused-ring (bicyclic) bond motifs is 3. The van der Waals surface area contributed by atoms with Crippen LogP contribution < -0.4 is 5.73 Å². The molecule has 0 saturated carbocycles. The van der Waals surface area contributed by atoms with Crippen molar-refractivity contribution < 1.29 is 4.79 Å². The standard InChI is InChI=1S/C26H17Br.C2H6.CH3NO/c27-20-10-7-9-18(16-20)21-12-3-4-14-24(21)26-17-19-8-1-2-11-22(19)23-13-5-6-15-25(23)26;1-2;2-1-3/h1-17H;1-2H3;1H,(H2,2,3).